The lowest BCUT2D eigenvalue weighted by atomic mass is 9.99. The smallest absolute Gasteiger partial charge is 0.460 e. The van der Waals surface area contributed by atoms with Gasteiger partial charge in [0.1, 0.15) is 36.4 Å². The number of sulfonamides is 1. The molecule has 270 valence electrons. The van der Waals surface area contributed by atoms with E-state index in [4.69, 9.17) is 53.3 Å². The molecule has 0 aliphatic carbocycles. The number of hydrogen-bond acceptors (Lipinski definition) is 14. The standard InChI is InChI=1S/C28H31Cl3N7O10PS/c1-15(25(40)45-12-18-19(30)6-5-7-20(18)31)35-49(42,47-17-10-8-16(29)9-11-17)48-26-22(39)28(2,41)27(46-26)38-14-34-21-23(32-13-33-24(21)38)37(3)36-50(4,43)44/h5-11,13-15,22,26-27,36,39,41H,12H2,1-4H3,(H,35,42)/t15-,22?,26?,27+,28+,49?/m0/s1. The van der Waals surface area contributed by atoms with Gasteiger partial charge in [0.2, 0.25) is 16.3 Å². The minimum absolute atomic E-state index is 0.00102. The number of imidazole rings is 1. The molecule has 2 aromatic carbocycles. The zero-order valence-electron chi connectivity index (χ0n) is 26.6. The summed E-state index contributed by atoms with van der Waals surface area (Å²) in [5, 5.41) is 27.1. The summed E-state index contributed by atoms with van der Waals surface area (Å²) >= 11 is 18.3. The Kier molecular flexibility index (Phi) is 11.3. The lowest BCUT2D eigenvalue weighted by molar-refractivity contribution is -0.147. The molecule has 3 unspecified atom stereocenters. The number of carbonyl (C=O) groups is 1. The number of ether oxygens (including phenoxy) is 2. The van der Waals surface area contributed by atoms with Crippen LogP contribution in [0, 0.1) is 0 Å². The lowest BCUT2D eigenvalue weighted by Gasteiger charge is -2.27. The number of benzene rings is 2. The summed E-state index contributed by atoms with van der Waals surface area (Å²) < 4.78 is 61.8. The van der Waals surface area contributed by atoms with Crippen LogP contribution < -0.4 is 19.5 Å². The zero-order chi connectivity index (χ0) is 36.6. The van der Waals surface area contributed by atoms with Gasteiger partial charge in [-0.25, -0.2) is 27.9 Å². The van der Waals surface area contributed by atoms with E-state index in [0.29, 0.717) is 10.6 Å². The fraction of sp³-hybridized carbons (Fsp3) is 0.357. The minimum Gasteiger partial charge on any atom is -0.460 e. The molecule has 4 aromatic rings. The third kappa shape index (κ3) is 8.49. The Morgan fingerprint density at radius 1 is 1.16 bits per heavy atom. The van der Waals surface area contributed by atoms with E-state index in [-0.39, 0.29) is 39.4 Å². The van der Waals surface area contributed by atoms with Crippen molar-refractivity contribution >= 4 is 75.5 Å². The van der Waals surface area contributed by atoms with Gasteiger partial charge in [0.15, 0.2) is 23.2 Å². The van der Waals surface area contributed by atoms with Gasteiger partial charge in [-0.15, -0.1) is 4.83 Å². The van der Waals surface area contributed by atoms with Crippen LogP contribution in [0.3, 0.4) is 0 Å². The number of hydrogen-bond donors (Lipinski definition) is 4. The van der Waals surface area contributed by atoms with Crippen molar-refractivity contribution in [2.24, 2.45) is 0 Å². The maximum absolute atomic E-state index is 14.3. The van der Waals surface area contributed by atoms with Gasteiger partial charge in [0, 0.05) is 27.7 Å². The molecule has 0 saturated carbocycles. The number of rotatable bonds is 13. The van der Waals surface area contributed by atoms with Gasteiger partial charge in [-0.1, -0.05) is 40.9 Å². The molecule has 17 nitrogen and oxygen atoms in total. The largest absolute Gasteiger partial charge is 0.461 e. The van der Waals surface area contributed by atoms with Crippen molar-refractivity contribution in [2.75, 3.05) is 18.3 Å². The van der Waals surface area contributed by atoms with E-state index in [0.717, 1.165) is 17.6 Å². The number of nitrogens with one attached hydrogen (secondary N) is 2. The second-order valence-electron chi connectivity index (χ2n) is 11.3. The Morgan fingerprint density at radius 2 is 1.82 bits per heavy atom. The summed E-state index contributed by atoms with van der Waals surface area (Å²) in [7, 11) is -6.97. The Bertz CT molecular complexity index is 2020. The molecule has 3 heterocycles. The first kappa shape index (κ1) is 38.1. The van der Waals surface area contributed by atoms with E-state index in [1.165, 1.54) is 56.1 Å². The molecule has 1 saturated heterocycles. The average Bonchev–Trinajstić information content (AvgIpc) is 3.54. The van der Waals surface area contributed by atoms with Crippen molar-refractivity contribution in [1.82, 2.24) is 29.4 Å². The van der Waals surface area contributed by atoms with E-state index < -0.39 is 54.0 Å². The molecule has 1 fully saturated rings. The molecule has 1 aliphatic rings. The molecule has 5 rings (SSSR count). The topological polar surface area (TPSA) is 217 Å². The first-order valence-corrected chi connectivity index (χ1v) is 19.0. The molecule has 1 aliphatic heterocycles. The number of aliphatic hydroxyl groups excluding tert-OH is 1. The van der Waals surface area contributed by atoms with Crippen LogP contribution in [0.5, 0.6) is 5.75 Å². The molecule has 0 radical (unpaired) electrons. The molecule has 4 N–H and O–H groups in total. The Hall–Kier alpha value is -3.13. The van der Waals surface area contributed by atoms with Crippen molar-refractivity contribution < 1.29 is 46.5 Å². The monoisotopic (exact) mass is 793 g/mol. The molecule has 50 heavy (non-hydrogen) atoms. The summed E-state index contributed by atoms with van der Waals surface area (Å²) in [5.74, 6) is -0.827. The highest BCUT2D eigenvalue weighted by Gasteiger charge is 2.56. The van der Waals surface area contributed by atoms with Crippen LogP contribution in [-0.4, -0.2) is 81.5 Å². The average molecular weight is 795 g/mol. The highest BCUT2D eigenvalue weighted by Crippen LogP contribution is 2.51. The number of carbonyl (C=O) groups excluding carboxylic acids is 1. The fourth-order valence-corrected chi connectivity index (χ4v) is 7.61. The Labute approximate surface area is 301 Å². The van der Waals surface area contributed by atoms with Gasteiger partial charge in [0.25, 0.3) is 0 Å². The number of hydrazine groups is 1. The first-order chi connectivity index (χ1) is 23.4. The van der Waals surface area contributed by atoms with Gasteiger partial charge in [-0.3, -0.25) is 18.9 Å². The molecular weight excluding hydrogens is 764 g/mol. The lowest BCUT2D eigenvalue weighted by Crippen LogP contribution is -2.44. The number of anilines is 1. The molecule has 0 spiro atoms. The summed E-state index contributed by atoms with van der Waals surface area (Å²) in [6.45, 7) is 2.26. The van der Waals surface area contributed by atoms with Gasteiger partial charge >= 0.3 is 13.7 Å². The summed E-state index contributed by atoms with van der Waals surface area (Å²) in [4.78, 5) is 27.8. The van der Waals surface area contributed by atoms with E-state index in [1.54, 1.807) is 18.2 Å². The Morgan fingerprint density at radius 3 is 2.46 bits per heavy atom. The van der Waals surface area contributed by atoms with Gasteiger partial charge in [-0.2, -0.15) is 5.09 Å². The highest BCUT2D eigenvalue weighted by atomic mass is 35.5. The molecule has 22 heteroatoms. The molecule has 0 bridgehead atoms. The number of aromatic nitrogens is 4. The maximum Gasteiger partial charge on any atom is 0.461 e. The van der Waals surface area contributed by atoms with Crippen LogP contribution in [0.4, 0.5) is 5.82 Å². The maximum atomic E-state index is 14.3. The van der Waals surface area contributed by atoms with Crippen molar-refractivity contribution in [3.8, 4) is 5.75 Å². The van der Waals surface area contributed by atoms with E-state index in [1.807, 2.05) is 0 Å². The number of halogens is 3. The van der Waals surface area contributed by atoms with E-state index in [9.17, 15) is 28.0 Å². The summed E-state index contributed by atoms with van der Waals surface area (Å²) in [5.41, 5.74) is -1.60. The minimum atomic E-state index is -4.68. The SMILES string of the molecule is C[C@H](NP(=O)(Oc1ccc(Cl)cc1)OC1O[C@@H](n2cnc3c(N(C)NS(C)(=O)=O)ncnc32)[C@](C)(O)C1O)C(=O)OCc1c(Cl)cccc1Cl. The number of nitrogens with zero attached hydrogens (tertiary/aromatic N) is 5. The number of fused-ring (bicyclic) bond motifs is 1. The van der Waals surface area contributed by atoms with Crippen molar-refractivity contribution in [2.45, 2.75) is 50.7 Å². The van der Waals surface area contributed by atoms with E-state index in [2.05, 4.69) is 24.9 Å². The third-order valence-corrected chi connectivity index (χ3v) is 10.4. The molecule has 0 amide bonds. The first-order valence-electron chi connectivity index (χ1n) is 14.4. The fourth-order valence-electron chi connectivity index (χ4n) is 4.82. The van der Waals surface area contributed by atoms with Crippen LogP contribution in [0.1, 0.15) is 25.6 Å². The second-order valence-corrected chi connectivity index (χ2v) is 15.9. The van der Waals surface area contributed by atoms with Crippen LogP contribution in [-0.2, 0) is 40.0 Å². The quantitative estimate of drug-likeness (QED) is 0.0865. The predicted octanol–water partition coefficient (Wildman–Crippen LogP) is 3.58. The Balaban J connectivity index is 1.40. The second kappa shape index (κ2) is 14.8. The predicted molar refractivity (Wildman–Crippen MR) is 182 cm³/mol. The highest BCUT2D eigenvalue weighted by molar-refractivity contribution is 7.88. The van der Waals surface area contributed by atoms with Gasteiger partial charge in [-0.05, 0) is 50.2 Å². The van der Waals surface area contributed by atoms with Crippen molar-refractivity contribution in [3.05, 3.63) is 75.8 Å². The van der Waals surface area contributed by atoms with Gasteiger partial charge < -0.3 is 24.2 Å². The van der Waals surface area contributed by atoms with Crippen LogP contribution >= 0.6 is 42.5 Å². The number of esters is 1. The summed E-state index contributed by atoms with van der Waals surface area (Å²) in [6.07, 6.45) is -1.86. The third-order valence-electron chi connectivity index (χ3n) is 7.24. The van der Waals surface area contributed by atoms with Crippen LogP contribution in [0.2, 0.25) is 15.1 Å². The molecular formula is C28H31Cl3N7O10PS. The van der Waals surface area contributed by atoms with Crippen LogP contribution in [0.25, 0.3) is 11.2 Å². The number of aliphatic hydroxyl groups is 2. The van der Waals surface area contributed by atoms with Crippen LogP contribution in [0.15, 0.2) is 55.1 Å². The summed E-state index contributed by atoms with van der Waals surface area (Å²) in [6, 6.07) is 9.12. The molecule has 2 aromatic heterocycles. The van der Waals surface area contributed by atoms with Crippen molar-refractivity contribution in [1.29, 1.82) is 0 Å². The van der Waals surface area contributed by atoms with Crippen molar-refractivity contribution in [3.63, 3.8) is 0 Å². The van der Waals surface area contributed by atoms with E-state index >= 15 is 0 Å². The molecule has 6 atom stereocenters. The zero-order valence-corrected chi connectivity index (χ0v) is 30.6. The van der Waals surface area contributed by atoms with Gasteiger partial charge in [0.05, 0.1) is 12.6 Å². The normalized spacial score (nSPS) is 22.6.